The second kappa shape index (κ2) is 5.89. The Morgan fingerprint density at radius 3 is 2.53 bits per heavy atom. The largest absolute Gasteiger partial charge is 0.378 e. The Kier molecular flexibility index (Phi) is 4.22. The van der Waals surface area contributed by atoms with Crippen LogP contribution in [0.2, 0.25) is 0 Å². The van der Waals surface area contributed by atoms with Crippen LogP contribution in [0.15, 0.2) is 53.0 Å². The predicted octanol–water partition coefficient (Wildman–Crippen LogP) is 3.77. The molecule has 2 aromatic rings. The number of halogens is 1. The molecule has 0 saturated carbocycles. The Morgan fingerprint density at radius 1 is 1.11 bits per heavy atom. The van der Waals surface area contributed by atoms with Gasteiger partial charge in [-0.05, 0) is 46.3 Å². The van der Waals surface area contributed by atoms with Crippen LogP contribution in [-0.2, 0) is 0 Å². The molecule has 98 valence electrons. The zero-order chi connectivity index (χ0) is 13.8. The first-order valence-electron chi connectivity index (χ1n) is 5.91. The Hall–Kier alpha value is -1.81. The van der Waals surface area contributed by atoms with Crippen molar-refractivity contribution in [3.8, 4) is 0 Å². The first-order valence-corrected chi connectivity index (χ1v) is 6.70. The van der Waals surface area contributed by atoms with Crippen molar-refractivity contribution in [2.24, 2.45) is 0 Å². The molecule has 3 nitrogen and oxygen atoms in total. The minimum atomic E-state index is -0.115. The zero-order valence-corrected chi connectivity index (χ0v) is 12.4. The third kappa shape index (κ3) is 3.35. The van der Waals surface area contributed by atoms with Crippen molar-refractivity contribution >= 4 is 33.2 Å². The third-order valence-electron chi connectivity index (χ3n) is 2.75. The predicted molar refractivity (Wildman–Crippen MR) is 82.9 cm³/mol. The van der Waals surface area contributed by atoms with Crippen molar-refractivity contribution in [2.45, 2.75) is 0 Å². The Balaban J connectivity index is 2.21. The van der Waals surface area contributed by atoms with Crippen molar-refractivity contribution < 1.29 is 4.79 Å². The summed E-state index contributed by atoms with van der Waals surface area (Å²) in [6.07, 6.45) is 0. The summed E-state index contributed by atoms with van der Waals surface area (Å²) in [5.74, 6) is -0.115. The van der Waals surface area contributed by atoms with E-state index in [0.29, 0.717) is 5.56 Å². The van der Waals surface area contributed by atoms with Gasteiger partial charge in [0.2, 0.25) is 0 Å². The van der Waals surface area contributed by atoms with Gasteiger partial charge in [-0.3, -0.25) is 4.79 Å². The lowest BCUT2D eigenvalue weighted by atomic mass is 10.1. The van der Waals surface area contributed by atoms with E-state index in [-0.39, 0.29) is 5.91 Å². The summed E-state index contributed by atoms with van der Waals surface area (Å²) < 4.78 is 0.868. The average molecular weight is 319 g/mol. The van der Waals surface area contributed by atoms with Gasteiger partial charge in [-0.2, -0.15) is 0 Å². The lowest BCUT2D eigenvalue weighted by Crippen LogP contribution is -2.14. The molecule has 0 bridgehead atoms. The first kappa shape index (κ1) is 13.6. The molecule has 0 atom stereocenters. The van der Waals surface area contributed by atoms with Gasteiger partial charge >= 0.3 is 0 Å². The molecule has 19 heavy (non-hydrogen) atoms. The molecule has 0 unspecified atom stereocenters. The van der Waals surface area contributed by atoms with Gasteiger partial charge in [-0.1, -0.05) is 18.2 Å². The number of rotatable bonds is 3. The number of benzene rings is 2. The van der Waals surface area contributed by atoms with Crippen LogP contribution in [0.25, 0.3) is 0 Å². The van der Waals surface area contributed by atoms with Crippen molar-refractivity contribution in [1.82, 2.24) is 0 Å². The van der Waals surface area contributed by atoms with Crippen LogP contribution < -0.4 is 10.2 Å². The number of nitrogens with zero attached hydrogens (tertiary/aromatic N) is 1. The number of amides is 1. The van der Waals surface area contributed by atoms with E-state index >= 15 is 0 Å². The number of para-hydroxylation sites is 1. The van der Waals surface area contributed by atoms with Crippen molar-refractivity contribution in [1.29, 1.82) is 0 Å². The number of hydrogen-bond acceptors (Lipinski definition) is 2. The van der Waals surface area contributed by atoms with E-state index < -0.39 is 0 Å². The fraction of sp³-hybridized carbons (Fsp3) is 0.133. The zero-order valence-electron chi connectivity index (χ0n) is 10.9. The van der Waals surface area contributed by atoms with Gasteiger partial charge < -0.3 is 10.2 Å². The number of hydrogen-bond donors (Lipinski definition) is 1. The van der Waals surface area contributed by atoms with Gasteiger partial charge in [-0.25, -0.2) is 0 Å². The molecule has 0 radical (unpaired) electrons. The molecule has 0 heterocycles. The smallest absolute Gasteiger partial charge is 0.255 e. The maximum atomic E-state index is 12.2. The molecule has 1 amide bonds. The molecule has 0 aliphatic carbocycles. The summed E-state index contributed by atoms with van der Waals surface area (Å²) in [5, 5.41) is 2.89. The fourth-order valence-electron chi connectivity index (χ4n) is 1.68. The highest BCUT2D eigenvalue weighted by molar-refractivity contribution is 9.10. The molecule has 2 aromatic carbocycles. The number of anilines is 2. The van der Waals surface area contributed by atoms with Gasteiger partial charge in [0.1, 0.15) is 0 Å². The standard InChI is InChI=1S/C15H15BrN2O/c1-18(2)12-7-5-6-11(10-12)15(19)17-14-9-4-3-8-13(14)16/h3-10H,1-2H3,(H,17,19). The van der Waals surface area contributed by atoms with Gasteiger partial charge in [-0.15, -0.1) is 0 Å². The SMILES string of the molecule is CN(C)c1cccc(C(=O)Nc2ccccc2Br)c1. The molecule has 0 aliphatic rings. The molecule has 0 saturated heterocycles. The summed E-state index contributed by atoms with van der Waals surface area (Å²) >= 11 is 3.41. The van der Waals surface area contributed by atoms with E-state index in [1.807, 2.05) is 61.5 Å². The van der Waals surface area contributed by atoms with Crippen molar-refractivity contribution in [3.63, 3.8) is 0 Å². The van der Waals surface area contributed by atoms with E-state index in [4.69, 9.17) is 0 Å². The van der Waals surface area contributed by atoms with E-state index in [9.17, 15) is 4.79 Å². The summed E-state index contributed by atoms with van der Waals surface area (Å²) in [7, 11) is 3.90. The van der Waals surface area contributed by atoms with Crippen molar-refractivity contribution in [2.75, 3.05) is 24.3 Å². The Labute approximate surface area is 121 Å². The topological polar surface area (TPSA) is 32.3 Å². The molecule has 0 aromatic heterocycles. The molecular weight excluding hydrogens is 304 g/mol. The fourth-order valence-corrected chi connectivity index (χ4v) is 2.07. The summed E-state index contributed by atoms with van der Waals surface area (Å²) in [6, 6.07) is 15.1. The van der Waals surface area contributed by atoms with Crippen LogP contribution in [0, 0.1) is 0 Å². The molecule has 0 aliphatic heterocycles. The van der Waals surface area contributed by atoms with Gasteiger partial charge in [0, 0.05) is 29.8 Å². The van der Waals surface area contributed by atoms with Crippen LogP contribution in [-0.4, -0.2) is 20.0 Å². The second-order valence-electron chi connectivity index (χ2n) is 4.38. The Bertz CT molecular complexity index is 596. The maximum absolute atomic E-state index is 12.2. The van der Waals surface area contributed by atoms with Crippen molar-refractivity contribution in [3.05, 3.63) is 58.6 Å². The van der Waals surface area contributed by atoms with Gasteiger partial charge in [0.25, 0.3) is 5.91 Å². The summed E-state index contributed by atoms with van der Waals surface area (Å²) in [5.41, 5.74) is 2.41. The van der Waals surface area contributed by atoms with E-state index in [1.165, 1.54) is 0 Å². The lowest BCUT2D eigenvalue weighted by Gasteiger charge is -2.13. The summed E-state index contributed by atoms with van der Waals surface area (Å²) in [4.78, 5) is 14.2. The van der Waals surface area contributed by atoms with Gasteiger partial charge in [0.05, 0.1) is 5.69 Å². The molecular formula is C15H15BrN2O. The van der Waals surface area contributed by atoms with E-state index in [1.54, 1.807) is 6.07 Å². The third-order valence-corrected chi connectivity index (χ3v) is 3.44. The second-order valence-corrected chi connectivity index (χ2v) is 5.23. The number of carbonyl (C=O) groups is 1. The van der Waals surface area contributed by atoms with E-state index in [2.05, 4.69) is 21.2 Å². The van der Waals surface area contributed by atoms with Crippen LogP contribution in [0.1, 0.15) is 10.4 Å². The van der Waals surface area contributed by atoms with Crippen LogP contribution in [0.3, 0.4) is 0 Å². The molecule has 2 rings (SSSR count). The summed E-state index contributed by atoms with van der Waals surface area (Å²) in [6.45, 7) is 0. The minimum Gasteiger partial charge on any atom is -0.378 e. The number of carbonyl (C=O) groups excluding carboxylic acids is 1. The molecule has 0 spiro atoms. The minimum absolute atomic E-state index is 0.115. The van der Waals surface area contributed by atoms with Crippen LogP contribution in [0.5, 0.6) is 0 Å². The van der Waals surface area contributed by atoms with Crippen LogP contribution >= 0.6 is 15.9 Å². The van der Waals surface area contributed by atoms with Gasteiger partial charge in [0.15, 0.2) is 0 Å². The van der Waals surface area contributed by atoms with E-state index in [0.717, 1.165) is 15.8 Å². The maximum Gasteiger partial charge on any atom is 0.255 e. The lowest BCUT2D eigenvalue weighted by molar-refractivity contribution is 0.102. The highest BCUT2D eigenvalue weighted by Gasteiger charge is 2.08. The average Bonchev–Trinajstić information content (AvgIpc) is 2.41. The molecule has 1 N–H and O–H groups in total. The monoisotopic (exact) mass is 318 g/mol. The highest BCUT2D eigenvalue weighted by Crippen LogP contribution is 2.22. The molecule has 4 heteroatoms. The normalized spacial score (nSPS) is 10.1. The highest BCUT2D eigenvalue weighted by atomic mass is 79.9. The van der Waals surface area contributed by atoms with Crippen LogP contribution in [0.4, 0.5) is 11.4 Å². The quantitative estimate of drug-likeness (QED) is 0.934. The Morgan fingerprint density at radius 2 is 1.84 bits per heavy atom. The number of nitrogens with one attached hydrogen (secondary N) is 1. The first-order chi connectivity index (χ1) is 9.08. The molecule has 0 fully saturated rings.